The maximum absolute atomic E-state index is 5.66. The van der Waals surface area contributed by atoms with Crippen LogP contribution in [0.25, 0.3) is 0 Å². The number of methoxy groups -OCH3 is 1. The summed E-state index contributed by atoms with van der Waals surface area (Å²) in [5.74, 6) is 0. The van der Waals surface area contributed by atoms with Crippen LogP contribution in [-0.2, 0) is 9.47 Å². The first-order chi connectivity index (χ1) is 11.3. The van der Waals surface area contributed by atoms with Crippen molar-refractivity contribution in [3.05, 3.63) is 0 Å². The second-order valence-electron chi connectivity index (χ2n) is 6.94. The molecule has 0 saturated heterocycles. The van der Waals surface area contributed by atoms with E-state index < -0.39 is 0 Å². The first kappa shape index (κ1) is 29.7. The van der Waals surface area contributed by atoms with Crippen molar-refractivity contribution < 1.29 is 9.47 Å². The third-order valence-corrected chi connectivity index (χ3v) is 4.73. The fraction of sp³-hybridized carbons (Fsp3) is 1.00. The largest absolute Gasteiger partial charge is 0.379 e. The highest BCUT2D eigenvalue weighted by Gasteiger charge is 2.03. The molecule has 156 valence electrons. The van der Waals surface area contributed by atoms with Gasteiger partial charge < -0.3 is 9.47 Å². The molecule has 0 aromatic heterocycles. The zero-order valence-electron chi connectivity index (χ0n) is 16.4. The predicted octanol–water partition coefficient (Wildman–Crippen LogP) is 8.18. The number of unbranched alkanes of at least 4 members (excludes halogenated alkanes) is 13. The lowest BCUT2D eigenvalue weighted by Crippen LogP contribution is -2.17. The molecule has 1 atom stereocenters. The van der Waals surface area contributed by atoms with Gasteiger partial charge in [0.25, 0.3) is 0 Å². The predicted molar refractivity (Wildman–Crippen MR) is 116 cm³/mol. The molecule has 0 aliphatic heterocycles. The van der Waals surface area contributed by atoms with E-state index in [0.717, 1.165) is 19.6 Å². The molecule has 0 N–H and O–H groups in total. The summed E-state index contributed by atoms with van der Waals surface area (Å²) in [5.41, 5.74) is 0. The Balaban J connectivity index is -0.00000242. The second-order valence-corrected chi connectivity index (χ2v) is 6.94. The average molecular weight is 361 g/mol. The molecule has 2 heteroatoms. The van der Waals surface area contributed by atoms with E-state index in [1.54, 1.807) is 7.11 Å². The van der Waals surface area contributed by atoms with Crippen molar-refractivity contribution in [1.82, 2.24) is 0 Å². The van der Waals surface area contributed by atoms with Gasteiger partial charge in [-0.25, -0.2) is 0 Å². The third kappa shape index (κ3) is 23.9. The van der Waals surface area contributed by atoms with Crippen molar-refractivity contribution in [3.63, 3.8) is 0 Å². The molecule has 1 unspecified atom stereocenters. The first-order valence-electron chi connectivity index (χ1n) is 10.5. The van der Waals surface area contributed by atoms with E-state index >= 15 is 0 Å². The highest BCUT2D eigenvalue weighted by Crippen LogP contribution is 2.13. The van der Waals surface area contributed by atoms with E-state index in [9.17, 15) is 0 Å². The summed E-state index contributed by atoms with van der Waals surface area (Å²) in [5, 5.41) is 0. The molecule has 0 rings (SSSR count). The average Bonchev–Trinajstić information content (AvgIpc) is 2.58. The molecule has 0 aromatic rings. The minimum Gasteiger partial charge on any atom is -0.379 e. The van der Waals surface area contributed by atoms with Crippen LogP contribution < -0.4 is 0 Å². The molecule has 0 radical (unpaired) electrons. The van der Waals surface area contributed by atoms with Crippen LogP contribution in [0.4, 0.5) is 0 Å². The summed E-state index contributed by atoms with van der Waals surface area (Å²) in [6, 6.07) is 0. The van der Waals surface area contributed by atoms with Gasteiger partial charge in [0.2, 0.25) is 0 Å². The molecule has 0 aliphatic rings. The lowest BCUT2D eigenvalue weighted by molar-refractivity contribution is 0.00584. The van der Waals surface area contributed by atoms with Crippen molar-refractivity contribution in [3.8, 4) is 0 Å². The van der Waals surface area contributed by atoms with Crippen LogP contribution in [0.5, 0.6) is 0 Å². The summed E-state index contributed by atoms with van der Waals surface area (Å²) >= 11 is 0. The Morgan fingerprint density at radius 1 is 0.600 bits per heavy atom. The molecule has 0 saturated carbocycles. The molecule has 2 nitrogen and oxygen atoms in total. The molecule has 0 amide bonds. The molecule has 0 fully saturated rings. The number of hydrogen-bond donors (Lipinski definition) is 0. The minimum atomic E-state index is 0. The molecular weight excluding hydrogens is 308 g/mol. The Kier molecular flexibility index (Phi) is 31.0. The Labute approximate surface area is 161 Å². The van der Waals surface area contributed by atoms with Gasteiger partial charge in [0.15, 0.2) is 0 Å². The van der Waals surface area contributed by atoms with Crippen molar-refractivity contribution in [1.29, 1.82) is 0 Å². The molecule has 25 heavy (non-hydrogen) atoms. The summed E-state index contributed by atoms with van der Waals surface area (Å²) in [7, 11) is 1.77. The highest BCUT2D eigenvalue weighted by atomic mass is 16.5. The summed E-state index contributed by atoms with van der Waals surface area (Å²) in [4.78, 5) is 0. The normalized spacial score (nSPS) is 11.6. The van der Waals surface area contributed by atoms with E-state index in [0.29, 0.717) is 0 Å². The van der Waals surface area contributed by atoms with Gasteiger partial charge in [-0.15, -0.1) is 0 Å². The zero-order chi connectivity index (χ0) is 17.0. The van der Waals surface area contributed by atoms with Gasteiger partial charge in [0, 0.05) is 13.7 Å². The van der Waals surface area contributed by atoms with Crippen LogP contribution in [0.1, 0.15) is 125 Å². The van der Waals surface area contributed by atoms with Gasteiger partial charge in [0.1, 0.15) is 0 Å². The quantitative estimate of drug-likeness (QED) is 0.216. The van der Waals surface area contributed by atoms with Gasteiger partial charge in [-0.3, -0.25) is 0 Å². The molecule has 0 bridgehead atoms. The van der Waals surface area contributed by atoms with Crippen LogP contribution in [0, 0.1) is 0 Å². The third-order valence-electron chi connectivity index (χ3n) is 4.73. The Morgan fingerprint density at radius 2 is 1.00 bits per heavy atom. The molecule has 0 heterocycles. The van der Waals surface area contributed by atoms with Crippen molar-refractivity contribution in [2.45, 2.75) is 131 Å². The molecule has 0 aliphatic carbocycles. The first-order valence-corrected chi connectivity index (χ1v) is 10.5. The van der Waals surface area contributed by atoms with Gasteiger partial charge in [-0.1, -0.05) is 112 Å². The number of hydrogen-bond acceptors (Lipinski definition) is 2. The number of ether oxygens (including phenoxy) is 2. The maximum atomic E-state index is 5.66. The van der Waals surface area contributed by atoms with E-state index in [4.69, 9.17) is 9.47 Å². The SMILES string of the molecule is C.C.CCCCCCCCCCCCCCCCOCC(CC)OC. The van der Waals surface area contributed by atoms with Gasteiger partial charge in [-0.2, -0.15) is 0 Å². The van der Waals surface area contributed by atoms with Gasteiger partial charge in [0.05, 0.1) is 12.7 Å². The van der Waals surface area contributed by atoms with Crippen molar-refractivity contribution in [2.75, 3.05) is 20.3 Å². The van der Waals surface area contributed by atoms with E-state index in [1.807, 2.05) is 0 Å². The van der Waals surface area contributed by atoms with Crippen LogP contribution in [0.15, 0.2) is 0 Å². The van der Waals surface area contributed by atoms with Gasteiger partial charge in [-0.05, 0) is 12.8 Å². The summed E-state index contributed by atoms with van der Waals surface area (Å²) < 4.78 is 11.0. The molecular formula is C23H52O2. The Hall–Kier alpha value is -0.0800. The summed E-state index contributed by atoms with van der Waals surface area (Å²) in [6.45, 7) is 6.09. The standard InChI is InChI=1S/C21H44O2.2CH4/c1-4-6-7-8-9-10-11-12-13-14-15-16-17-18-19-23-20-21(5-2)22-3;;/h21H,4-20H2,1-3H3;2*1H4. The van der Waals surface area contributed by atoms with Crippen LogP contribution in [0.2, 0.25) is 0 Å². The van der Waals surface area contributed by atoms with Crippen LogP contribution in [0.3, 0.4) is 0 Å². The fourth-order valence-corrected chi connectivity index (χ4v) is 2.97. The van der Waals surface area contributed by atoms with E-state index in [1.165, 1.54) is 89.9 Å². The summed E-state index contributed by atoms with van der Waals surface area (Å²) in [6.07, 6.45) is 21.0. The van der Waals surface area contributed by atoms with Gasteiger partial charge >= 0.3 is 0 Å². The van der Waals surface area contributed by atoms with E-state index in [-0.39, 0.29) is 21.0 Å². The van der Waals surface area contributed by atoms with Crippen LogP contribution >= 0.6 is 0 Å². The second kappa shape index (κ2) is 26.2. The monoisotopic (exact) mass is 360 g/mol. The molecule has 0 spiro atoms. The van der Waals surface area contributed by atoms with Crippen LogP contribution in [-0.4, -0.2) is 26.4 Å². The Bertz CT molecular complexity index is 202. The smallest absolute Gasteiger partial charge is 0.0802 e. The van der Waals surface area contributed by atoms with Crippen molar-refractivity contribution in [2.24, 2.45) is 0 Å². The highest BCUT2D eigenvalue weighted by molar-refractivity contribution is 4.52. The maximum Gasteiger partial charge on any atom is 0.0802 e. The number of rotatable bonds is 19. The fourth-order valence-electron chi connectivity index (χ4n) is 2.97. The Morgan fingerprint density at radius 3 is 1.36 bits per heavy atom. The topological polar surface area (TPSA) is 18.5 Å². The minimum absolute atomic E-state index is 0. The lowest BCUT2D eigenvalue weighted by atomic mass is 10.0. The zero-order valence-corrected chi connectivity index (χ0v) is 16.4. The molecule has 0 aromatic carbocycles. The van der Waals surface area contributed by atoms with E-state index in [2.05, 4.69) is 13.8 Å². The lowest BCUT2D eigenvalue weighted by Gasteiger charge is -2.12. The van der Waals surface area contributed by atoms with Crippen molar-refractivity contribution >= 4 is 0 Å².